The largest absolute Gasteiger partial charge is 0.459 e. The summed E-state index contributed by atoms with van der Waals surface area (Å²) in [7, 11) is 0. The highest BCUT2D eigenvalue weighted by molar-refractivity contribution is 7.22. The molecular weight excluding hydrogens is 374 g/mol. The van der Waals surface area contributed by atoms with Crippen LogP contribution < -0.4 is 9.80 Å². The molecule has 1 fully saturated rings. The van der Waals surface area contributed by atoms with Gasteiger partial charge in [-0.25, -0.2) is 4.98 Å². The van der Waals surface area contributed by atoms with Crippen LogP contribution in [0.1, 0.15) is 28.1 Å². The number of hydrogen-bond donors (Lipinski definition) is 1. The molecule has 1 amide bonds. The lowest BCUT2D eigenvalue weighted by Crippen LogP contribution is -3.14. The Morgan fingerprint density at radius 3 is 2.79 bits per heavy atom. The van der Waals surface area contributed by atoms with Crippen LogP contribution >= 0.6 is 11.3 Å². The maximum atomic E-state index is 13.1. The highest BCUT2D eigenvalue weighted by Gasteiger charge is 2.24. The van der Waals surface area contributed by atoms with Gasteiger partial charge in [-0.15, -0.1) is 0 Å². The summed E-state index contributed by atoms with van der Waals surface area (Å²) >= 11 is 1.57. The van der Waals surface area contributed by atoms with Crippen LogP contribution in [0.5, 0.6) is 0 Å². The van der Waals surface area contributed by atoms with Gasteiger partial charge in [0, 0.05) is 13.0 Å². The van der Waals surface area contributed by atoms with Crippen molar-refractivity contribution >= 4 is 32.6 Å². The summed E-state index contributed by atoms with van der Waals surface area (Å²) < 4.78 is 11.9. The molecule has 6 nitrogen and oxygen atoms in total. The Labute approximate surface area is 168 Å². The molecule has 0 bridgehead atoms. The fourth-order valence-corrected chi connectivity index (χ4v) is 4.57. The van der Waals surface area contributed by atoms with Gasteiger partial charge in [0.1, 0.15) is 13.1 Å². The SMILES string of the molecule is Cc1cc2nc(N(CCC[NH+]3CCOCC3)C(=O)c3ccco3)sc2cc1C. The van der Waals surface area contributed by atoms with Crippen LogP contribution in [0.2, 0.25) is 0 Å². The minimum Gasteiger partial charge on any atom is -0.459 e. The lowest BCUT2D eigenvalue weighted by atomic mass is 10.1. The second-order valence-corrected chi connectivity index (χ2v) is 8.31. The normalized spacial score (nSPS) is 15.2. The van der Waals surface area contributed by atoms with Crippen LogP contribution in [0.3, 0.4) is 0 Å². The Kier molecular flexibility index (Phi) is 5.75. The molecule has 0 spiro atoms. The van der Waals surface area contributed by atoms with Crippen molar-refractivity contribution in [3.8, 4) is 0 Å². The van der Waals surface area contributed by atoms with Gasteiger partial charge in [0.05, 0.1) is 36.2 Å². The molecule has 1 saturated heterocycles. The predicted octanol–water partition coefficient (Wildman–Crippen LogP) is 2.46. The quantitative estimate of drug-likeness (QED) is 0.691. The summed E-state index contributed by atoms with van der Waals surface area (Å²) in [5.41, 5.74) is 3.39. The smallest absolute Gasteiger partial charge is 0.295 e. The number of carbonyl (C=O) groups is 1. The molecule has 0 radical (unpaired) electrons. The van der Waals surface area contributed by atoms with Crippen LogP contribution in [-0.2, 0) is 4.74 Å². The van der Waals surface area contributed by atoms with Gasteiger partial charge < -0.3 is 14.1 Å². The highest BCUT2D eigenvalue weighted by Crippen LogP contribution is 2.31. The van der Waals surface area contributed by atoms with Crippen LogP contribution in [0.4, 0.5) is 5.13 Å². The maximum absolute atomic E-state index is 13.1. The molecule has 0 aliphatic carbocycles. The first-order valence-corrected chi connectivity index (χ1v) is 10.6. The highest BCUT2D eigenvalue weighted by atomic mass is 32.1. The van der Waals surface area contributed by atoms with E-state index in [2.05, 4.69) is 26.0 Å². The monoisotopic (exact) mass is 400 g/mol. The third kappa shape index (κ3) is 4.11. The van der Waals surface area contributed by atoms with E-state index in [1.54, 1.807) is 28.4 Å². The number of anilines is 1. The molecule has 7 heteroatoms. The molecule has 148 valence electrons. The number of rotatable bonds is 6. The van der Waals surface area contributed by atoms with E-state index in [0.29, 0.717) is 12.3 Å². The van der Waals surface area contributed by atoms with Crippen molar-refractivity contribution < 1.29 is 18.8 Å². The zero-order chi connectivity index (χ0) is 19.5. The fourth-order valence-electron chi connectivity index (χ4n) is 3.50. The van der Waals surface area contributed by atoms with Crippen LogP contribution in [0, 0.1) is 13.8 Å². The van der Waals surface area contributed by atoms with Gasteiger partial charge in [0.2, 0.25) is 0 Å². The number of thiazole rings is 1. The lowest BCUT2D eigenvalue weighted by molar-refractivity contribution is -0.908. The summed E-state index contributed by atoms with van der Waals surface area (Å²) in [4.78, 5) is 21.1. The van der Waals surface area contributed by atoms with Crippen molar-refractivity contribution in [1.82, 2.24) is 4.98 Å². The zero-order valence-electron chi connectivity index (χ0n) is 16.4. The van der Waals surface area contributed by atoms with Crippen molar-refractivity contribution in [2.75, 3.05) is 44.3 Å². The maximum Gasteiger partial charge on any atom is 0.295 e. The Balaban J connectivity index is 1.56. The van der Waals surface area contributed by atoms with Crippen LogP contribution in [0.25, 0.3) is 10.2 Å². The molecule has 28 heavy (non-hydrogen) atoms. The van der Waals surface area contributed by atoms with Gasteiger partial charge in [0.25, 0.3) is 5.91 Å². The molecule has 0 saturated carbocycles. The van der Waals surface area contributed by atoms with E-state index in [-0.39, 0.29) is 5.91 Å². The van der Waals surface area contributed by atoms with Crippen LogP contribution in [0.15, 0.2) is 34.9 Å². The molecule has 2 aromatic heterocycles. The number of hydrogen-bond acceptors (Lipinski definition) is 5. The zero-order valence-corrected chi connectivity index (χ0v) is 17.2. The summed E-state index contributed by atoms with van der Waals surface area (Å²) in [6, 6.07) is 7.70. The van der Waals surface area contributed by atoms with Crippen molar-refractivity contribution in [3.63, 3.8) is 0 Å². The number of amides is 1. The number of furan rings is 1. The fraction of sp³-hybridized carbons (Fsp3) is 0.429. The lowest BCUT2D eigenvalue weighted by Gasteiger charge is -2.25. The van der Waals surface area contributed by atoms with Gasteiger partial charge in [-0.05, 0) is 49.2 Å². The summed E-state index contributed by atoms with van der Waals surface area (Å²) in [5, 5.41) is 0.735. The van der Waals surface area contributed by atoms with E-state index >= 15 is 0 Å². The van der Waals surface area contributed by atoms with Crippen molar-refractivity contribution in [2.24, 2.45) is 0 Å². The number of nitrogens with zero attached hydrogens (tertiary/aromatic N) is 2. The molecule has 1 N–H and O–H groups in total. The number of ether oxygens (including phenoxy) is 1. The molecule has 3 heterocycles. The van der Waals surface area contributed by atoms with E-state index in [9.17, 15) is 4.79 Å². The van der Waals surface area contributed by atoms with E-state index in [0.717, 1.165) is 54.6 Å². The number of benzene rings is 1. The number of morpholine rings is 1. The first-order chi connectivity index (χ1) is 13.6. The number of nitrogens with one attached hydrogen (secondary N) is 1. The molecular formula is C21H26N3O3S+. The summed E-state index contributed by atoms with van der Waals surface area (Å²) in [6.45, 7) is 9.55. The minimum absolute atomic E-state index is 0.130. The van der Waals surface area contributed by atoms with E-state index in [1.807, 2.05) is 0 Å². The Bertz CT molecular complexity index is 906. The van der Waals surface area contributed by atoms with E-state index in [4.69, 9.17) is 14.1 Å². The second kappa shape index (κ2) is 8.43. The predicted molar refractivity (Wildman–Crippen MR) is 110 cm³/mol. The molecule has 0 atom stereocenters. The van der Waals surface area contributed by atoms with E-state index in [1.165, 1.54) is 22.3 Å². The van der Waals surface area contributed by atoms with Gasteiger partial charge in [-0.2, -0.15) is 0 Å². The third-order valence-corrected chi connectivity index (χ3v) is 6.35. The Morgan fingerprint density at radius 1 is 1.25 bits per heavy atom. The third-order valence-electron chi connectivity index (χ3n) is 5.31. The van der Waals surface area contributed by atoms with Crippen LogP contribution in [-0.4, -0.2) is 50.3 Å². The molecule has 1 aliphatic heterocycles. The Hall–Kier alpha value is -2.22. The standard InChI is InChI=1S/C21H25N3O3S/c1-15-13-17-19(14-16(15)2)28-21(22-17)24(20(25)18-5-3-10-27-18)7-4-6-23-8-11-26-12-9-23/h3,5,10,13-14H,4,6-9,11-12H2,1-2H3/p+1. The molecule has 3 aromatic rings. The molecule has 4 rings (SSSR count). The molecule has 1 aliphatic rings. The second-order valence-electron chi connectivity index (χ2n) is 7.30. The number of aromatic nitrogens is 1. The van der Waals surface area contributed by atoms with Crippen molar-refractivity contribution in [1.29, 1.82) is 0 Å². The van der Waals surface area contributed by atoms with Gasteiger partial charge in [0.15, 0.2) is 10.9 Å². The minimum atomic E-state index is -0.130. The van der Waals surface area contributed by atoms with E-state index < -0.39 is 0 Å². The number of quaternary nitrogens is 1. The molecule has 1 aromatic carbocycles. The molecule has 0 unspecified atom stereocenters. The number of carbonyl (C=O) groups excluding carboxylic acids is 1. The number of aryl methyl sites for hydroxylation is 2. The first kappa shape index (κ1) is 19.1. The van der Waals surface area contributed by atoms with Gasteiger partial charge in [-0.1, -0.05) is 11.3 Å². The first-order valence-electron chi connectivity index (χ1n) is 9.76. The topological polar surface area (TPSA) is 60.0 Å². The summed E-state index contributed by atoms with van der Waals surface area (Å²) in [5.74, 6) is 0.222. The van der Waals surface area contributed by atoms with Gasteiger partial charge >= 0.3 is 0 Å². The van der Waals surface area contributed by atoms with Crippen molar-refractivity contribution in [3.05, 3.63) is 47.4 Å². The Morgan fingerprint density at radius 2 is 2.04 bits per heavy atom. The van der Waals surface area contributed by atoms with Gasteiger partial charge in [-0.3, -0.25) is 9.69 Å². The summed E-state index contributed by atoms with van der Waals surface area (Å²) in [6.07, 6.45) is 2.45. The average molecular weight is 401 g/mol. The van der Waals surface area contributed by atoms with Crippen molar-refractivity contribution in [2.45, 2.75) is 20.3 Å². The average Bonchev–Trinajstić information content (AvgIpc) is 3.36. The number of fused-ring (bicyclic) bond motifs is 1.